The van der Waals surface area contributed by atoms with Crippen LogP contribution >= 0.6 is 0 Å². The van der Waals surface area contributed by atoms with E-state index in [9.17, 15) is 9.59 Å². The number of nitrogens with one attached hydrogen (secondary N) is 1. The molecule has 0 aromatic carbocycles. The van der Waals surface area contributed by atoms with Crippen LogP contribution in [0.4, 0.5) is 0 Å². The quantitative estimate of drug-likeness (QED) is 0.465. The van der Waals surface area contributed by atoms with Crippen molar-refractivity contribution in [2.75, 3.05) is 19.8 Å². The van der Waals surface area contributed by atoms with Crippen LogP contribution in [0, 0.1) is 0 Å². The number of aliphatic hydroxyl groups excluding tert-OH is 1. The lowest BCUT2D eigenvalue weighted by Gasteiger charge is -2.32. The van der Waals surface area contributed by atoms with Gasteiger partial charge in [-0.05, 0) is 12.8 Å². The summed E-state index contributed by atoms with van der Waals surface area (Å²) in [6.45, 7) is 0.473. The van der Waals surface area contributed by atoms with Gasteiger partial charge in [-0.2, -0.15) is 0 Å². The average molecular weight is 246 g/mol. The van der Waals surface area contributed by atoms with Crippen LogP contribution in [-0.4, -0.2) is 53.5 Å². The number of carboxylic acid groups (broad SMARTS) is 1. The molecule has 0 saturated carbocycles. The van der Waals surface area contributed by atoms with Gasteiger partial charge in [-0.1, -0.05) is 0 Å². The molecular weight excluding hydrogens is 228 g/mol. The maximum Gasteiger partial charge on any atom is 0.326 e. The molecule has 0 bridgehead atoms. The maximum absolute atomic E-state index is 11.9. The fraction of sp³-hybridized carbons (Fsp3) is 0.800. The Labute approximate surface area is 98.9 Å². The second-order valence-electron chi connectivity index (χ2n) is 4.15. The van der Waals surface area contributed by atoms with E-state index in [4.69, 9.17) is 20.7 Å². The molecule has 1 aliphatic rings. The number of carbonyl (C=O) groups excluding carboxylic acids is 1. The van der Waals surface area contributed by atoms with Crippen LogP contribution in [0.2, 0.25) is 0 Å². The van der Waals surface area contributed by atoms with Crippen molar-refractivity contribution in [2.45, 2.75) is 30.8 Å². The van der Waals surface area contributed by atoms with Gasteiger partial charge in [-0.15, -0.1) is 0 Å². The molecule has 1 atom stereocenters. The van der Waals surface area contributed by atoms with E-state index in [1.807, 2.05) is 0 Å². The predicted octanol–water partition coefficient (Wildman–Crippen LogP) is -1.55. The van der Waals surface area contributed by atoms with Gasteiger partial charge in [0.1, 0.15) is 6.04 Å². The van der Waals surface area contributed by atoms with Crippen LogP contribution in [0.5, 0.6) is 0 Å². The van der Waals surface area contributed by atoms with Crippen LogP contribution in [0.15, 0.2) is 0 Å². The number of rotatable bonds is 5. The Morgan fingerprint density at radius 3 is 2.47 bits per heavy atom. The molecule has 7 heteroatoms. The van der Waals surface area contributed by atoms with E-state index in [2.05, 4.69) is 5.32 Å². The molecule has 5 N–H and O–H groups in total. The zero-order valence-corrected chi connectivity index (χ0v) is 9.52. The molecule has 1 fully saturated rings. The minimum Gasteiger partial charge on any atom is -0.480 e. The van der Waals surface area contributed by atoms with Gasteiger partial charge in [0.15, 0.2) is 0 Å². The first-order chi connectivity index (χ1) is 7.99. The fourth-order valence-electron chi connectivity index (χ4n) is 1.65. The Kier molecular flexibility index (Phi) is 4.86. The summed E-state index contributed by atoms with van der Waals surface area (Å²) in [4.78, 5) is 22.7. The standard InChI is InChI=1S/C10H18N2O5/c11-10(2-5-17-6-3-10)9(16)12-7(1-4-13)8(14)15/h7,13H,1-6,11H2,(H,12,16)(H,14,15)/t7-/m1/s1. The van der Waals surface area contributed by atoms with Gasteiger partial charge in [0.2, 0.25) is 5.91 Å². The van der Waals surface area contributed by atoms with E-state index in [1.165, 1.54) is 0 Å². The van der Waals surface area contributed by atoms with E-state index in [0.717, 1.165) is 0 Å². The monoisotopic (exact) mass is 246 g/mol. The third kappa shape index (κ3) is 3.65. The van der Waals surface area contributed by atoms with Crippen LogP contribution in [0.1, 0.15) is 19.3 Å². The van der Waals surface area contributed by atoms with Gasteiger partial charge in [-0.25, -0.2) is 4.79 Å². The topological polar surface area (TPSA) is 122 Å². The van der Waals surface area contributed by atoms with E-state index >= 15 is 0 Å². The first-order valence-electron chi connectivity index (χ1n) is 5.51. The number of ether oxygens (including phenoxy) is 1. The molecule has 0 spiro atoms. The minimum atomic E-state index is -1.18. The van der Waals surface area contributed by atoms with Crippen molar-refractivity contribution in [1.29, 1.82) is 0 Å². The van der Waals surface area contributed by atoms with Crippen LogP contribution < -0.4 is 11.1 Å². The second kappa shape index (κ2) is 5.95. The van der Waals surface area contributed by atoms with Crippen molar-refractivity contribution < 1.29 is 24.5 Å². The number of aliphatic hydroxyl groups is 1. The van der Waals surface area contributed by atoms with E-state index in [-0.39, 0.29) is 13.0 Å². The predicted molar refractivity (Wildman–Crippen MR) is 58.2 cm³/mol. The van der Waals surface area contributed by atoms with E-state index in [1.54, 1.807) is 0 Å². The summed E-state index contributed by atoms with van der Waals surface area (Å²) in [6, 6.07) is -1.10. The van der Waals surface area contributed by atoms with Crippen molar-refractivity contribution in [1.82, 2.24) is 5.32 Å². The molecule has 98 valence electrons. The Bertz CT molecular complexity index is 288. The number of carboxylic acids is 1. The Morgan fingerprint density at radius 1 is 1.41 bits per heavy atom. The van der Waals surface area contributed by atoms with Crippen molar-refractivity contribution in [3.63, 3.8) is 0 Å². The Morgan fingerprint density at radius 2 is 2.00 bits per heavy atom. The molecule has 0 aromatic heterocycles. The first-order valence-corrected chi connectivity index (χ1v) is 5.51. The van der Waals surface area contributed by atoms with Crippen LogP contribution in [0.3, 0.4) is 0 Å². The molecule has 0 aromatic rings. The summed E-state index contributed by atoms with van der Waals surface area (Å²) in [5.41, 5.74) is 4.83. The van der Waals surface area contributed by atoms with Gasteiger partial charge in [0.25, 0.3) is 0 Å². The summed E-state index contributed by atoms with van der Waals surface area (Å²) < 4.78 is 5.10. The highest BCUT2D eigenvalue weighted by molar-refractivity contribution is 5.90. The van der Waals surface area contributed by atoms with Gasteiger partial charge >= 0.3 is 5.97 Å². The summed E-state index contributed by atoms with van der Waals surface area (Å²) in [5, 5.41) is 19.9. The molecule has 1 amide bonds. The summed E-state index contributed by atoms with van der Waals surface area (Å²) in [7, 11) is 0. The smallest absolute Gasteiger partial charge is 0.326 e. The third-order valence-electron chi connectivity index (χ3n) is 2.86. The van der Waals surface area contributed by atoms with Gasteiger partial charge in [0, 0.05) is 26.2 Å². The summed E-state index contributed by atoms with van der Waals surface area (Å²) in [5.74, 6) is -1.68. The normalized spacial score (nSPS) is 20.6. The van der Waals surface area contributed by atoms with Crippen molar-refractivity contribution in [3.05, 3.63) is 0 Å². The molecule has 0 aliphatic carbocycles. The molecule has 1 saturated heterocycles. The Balaban J connectivity index is 2.59. The number of nitrogens with two attached hydrogens (primary N) is 1. The third-order valence-corrected chi connectivity index (χ3v) is 2.86. The highest BCUT2D eigenvalue weighted by Gasteiger charge is 2.37. The number of carbonyl (C=O) groups is 2. The summed E-state index contributed by atoms with van der Waals surface area (Å²) >= 11 is 0. The van der Waals surface area contributed by atoms with Crippen molar-refractivity contribution in [2.24, 2.45) is 5.73 Å². The van der Waals surface area contributed by atoms with Gasteiger partial charge in [0.05, 0.1) is 5.54 Å². The highest BCUT2D eigenvalue weighted by Crippen LogP contribution is 2.18. The van der Waals surface area contributed by atoms with E-state index in [0.29, 0.717) is 26.1 Å². The lowest BCUT2D eigenvalue weighted by molar-refractivity contribution is -0.143. The van der Waals surface area contributed by atoms with Crippen LogP contribution in [-0.2, 0) is 14.3 Å². The molecule has 17 heavy (non-hydrogen) atoms. The Hall–Kier alpha value is -1.18. The minimum absolute atomic E-state index is 0.0341. The number of amides is 1. The van der Waals surface area contributed by atoms with Crippen molar-refractivity contribution >= 4 is 11.9 Å². The molecule has 0 radical (unpaired) electrons. The van der Waals surface area contributed by atoms with Crippen molar-refractivity contribution in [3.8, 4) is 0 Å². The van der Waals surface area contributed by atoms with Gasteiger partial charge in [-0.3, -0.25) is 4.79 Å². The second-order valence-corrected chi connectivity index (χ2v) is 4.15. The zero-order valence-electron chi connectivity index (χ0n) is 9.52. The number of hydrogen-bond acceptors (Lipinski definition) is 5. The molecule has 1 aliphatic heterocycles. The highest BCUT2D eigenvalue weighted by atomic mass is 16.5. The average Bonchev–Trinajstić information content (AvgIpc) is 2.29. The SMILES string of the molecule is NC1(C(=O)N[C@H](CCO)C(=O)O)CCOCC1. The van der Waals surface area contributed by atoms with Gasteiger partial charge < -0.3 is 26.0 Å². The van der Waals surface area contributed by atoms with Crippen LogP contribution in [0.25, 0.3) is 0 Å². The fourth-order valence-corrected chi connectivity index (χ4v) is 1.65. The molecule has 1 heterocycles. The molecule has 0 unspecified atom stereocenters. The lowest BCUT2D eigenvalue weighted by Crippen LogP contribution is -2.59. The number of aliphatic carboxylic acids is 1. The lowest BCUT2D eigenvalue weighted by atomic mass is 9.90. The molecule has 7 nitrogen and oxygen atoms in total. The number of hydrogen-bond donors (Lipinski definition) is 4. The largest absolute Gasteiger partial charge is 0.480 e. The van der Waals surface area contributed by atoms with E-state index < -0.39 is 23.5 Å². The summed E-state index contributed by atoms with van der Waals surface area (Å²) in [6.07, 6.45) is 0.697. The maximum atomic E-state index is 11.9. The zero-order chi connectivity index (χ0) is 12.9. The first kappa shape index (κ1) is 13.9. The molecular formula is C10H18N2O5. The molecule has 1 rings (SSSR count).